The van der Waals surface area contributed by atoms with Crippen LogP contribution in [0, 0.1) is 0 Å². The number of aromatic nitrogens is 2. The molecule has 124 valence electrons. The molecule has 0 unspecified atom stereocenters. The van der Waals surface area contributed by atoms with Crippen molar-refractivity contribution in [3.63, 3.8) is 0 Å². The van der Waals surface area contributed by atoms with Gasteiger partial charge in [0.05, 0.1) is 17.0 Å². The third-order valence-corrected chi connectivity index (χ3v) is 5.20. The summed E-state index contributed by atoms with van der Waals surface area (Å²) in [5, 5.41) is 14.7. The van der Waals surface area contributed by atoms with Crippen LogP contribution in [0.15, 0.2) is 42.7 Å². The van der Waals surface area contributed by atoms with Crippen molar-refractivity contribution in [2.24, 2.45) is 0 Å². The van der Waals surface area contributed by atoms with E-state index >= 15 is 0 Å². The number of halogens is 2. The molecule has 4 nitrogen and oxygen atoms in total. The van der Waals surface area contributed by atoms with Gasteiger partial charge in [-0.1, -0.05) is 18.2 Å². The number of rotatable bonds is 2. The summed E-state index contributed by atoms with van der Waals surface area (Å²) in [5.74, 6) is 0.960. The fourth-order valence-electron chi connectivity index (χ4n) is 3.02. The lowest BCUT2D eigenvalue weighted by molar-refractivity contribution is 0.0880. The Labute approximate surface area is 151 Å². The standard InChI is InChI=1S/C16H17N3OS.2ClH/c20-13-10-17-6-5-12(13)19-8-7-18-16(19)15-9-11-3-1-2-4-14(11)21-15;;/h1-4,7-9,12-13,17,20H,5-6,10H2;2*1H/t12-,13-;;/m0../s1. The number of nitrogens with one attached hydrogen (secondary N) is 1. The van der Waals surface area contributed by atoms with Gasteiger partial charge in [-0.15, -0.1) is 36.2 Å². The second kappa shape index (κ2) is 7.64. The molecule has 23 heavy (non-hydrogen) atoms. The largest absolute Gasteiger partial charge is 0.390 e. The predicted molar refractivity (Wildman–Crippen MR) is 100 cm³/mol. The zero-order chi connectivity index (χ0) is 14.2. The Morgan fingerprint density at radius 3 is 2.87 bits per heavy atom. The number of benzene rings is 1. The van der Waals surface area contributed by atoms with Gasteiger partial charge in [-0.05, 0) is 30.5 Å². The second-order valence-electron chi connectivity index (χ2n) is 5.43. The molecule has 2 aromatic heterocycles. The van der Waals surface area contributed by atoms with Crippen molar-refractivity contribution in [3.05, 3.63) is 42.7 Å². The highest BCUT2D eigenvalue weighted by molar-refractivity contribution is 7.22. The number of thiophene rings is 1. The van der Waals surface area contributed by atoms with E-state index in [0.717, 1.165) is 23.7 Å². The van der Waals surface area contributed by atoms with E-state index in [1.54, 1.807) is 11.3 Å². The molecule has 4 rings (SSSR count). The van der Waals surface area contributed by atoms with Crippen LogP contribution >= 0.6 is 36.2 Å². The van der Waals surface area contributed by atoms with Crippen LogP contribution in [0.25, 0.3) is 20.8 Å². The molecule has 0 spiro atoms. The molecule has 0 amide bonds. The minimum atomic E-state index is -0.360. The van der Waals surface area contributed by atoms with E-state index in [2.05, 4.69) is 45.2 Å². The number of nitrogens with zero attached hydrogens (tertiary/aromatic N) is 2. The summed E-state index contributed by atoms with van der Waals surface area (Å²) in [5.41, 5.74) is 0. The summed E-state index contributed by atoms with van der Waals surface area (Å²) >= 11 is 1.75. The number of hydrogen-bond donors (Lipinski definition) is 2. The molecule has 3 aromatic rings. The van der Waals surface area contributed by atoms with Gasteiger partial charge in [-0.2, -0.15) is 0 Å². The van der Waals surface area contributed by atoms with E-state index in [9.17, 15) is 5.11 Å². The van der Waals surface area contributed by atoms with E-state index in [0.29, 0.717) is 6.54 Å². The molecule has 1 aromatic carbocycles. The minimum Gasteiger partial charge on any atom is -0.390 e. The van der Waals surface area contributed by atoms with Gasteiger partial charge >= 0.3 is 0 Å². The van der Waals surface area contributed by atoms with Crippen molar-refractivity contribution in [1.29, 1.82) is 0 Å². The van der Waals surface area contributed by atoms with Crippen LogP contribution < -0.4 is 5.32 Å². The number of imidazole rings is 1. The van der Waals surface area contributed by atoms with Gasteiger partial charge in [-0.3, -0.25) is 0 Å². The first kappa shape index (κ1) is 18.2. The third-order valence-electron chi connectivity index (χ3n) is 4.09. The molecule has 1 aliphatic rings. The Morgan fingerprint density at radius 1 is 1.26 bits per heavy atom. The van der Waals surface area contributed by atoms with Crippen LogP contribution in [0.5, 0.6) is 0 Å². The normalized spacial score (nSPS) is 20.7. The topological polar surface area (TPSA) is 50.1 Å². The van der Waals surface area contributed by atoms with Crippen LogP contribution in [-0.2, 0) is 0 Å². The molecule has 0 saturated carbocycles. The molecule has 1 saturated heterocycles. The Balaban J connectivity index is 0.000000960. The lowest BCUT2D eigenvalue weighted by atomic mass is 10.0. The maximum Gasteiger partial charge on any atom is 0.150 e. The summed E-state index contributed by atoms with van der Waals surface area (Å²) in [6.45, 7) is 1.58. The molecule has 2 atom stereocenters. The molecule has 0 bridgehead atoms. The van der Waals surface area contributed by atoms with E-state index in [-0.39, 0.29) is 37.0 Å². The number of aliphatic hydroxyl groups is 1. The number of hydrogen-bond acceptors (Lipinski definition) is 4. The monoisotopic (exact) mass is 371 g/mol. The first-order chi connectivity index (χ1) is 10.3. The molecule has 7 heteroatoms. The number of fused-ring (bicyclic) bond motifs is 1. The van der Waals surface area contributed by atoms with Gasteiger partial charge in [0, 0.05) is 23.6 Å². The fourth-order valence-corrected chi connectivity index (χ4v) is 4.08. The summed E-state index contributed by atoms with van der Waals surface area (Å²) in [6.07, 6.45) is 4.38. The van der Waals surface area contributed by atoms with Crippen molar-refractivity contribution < 1.29 is 5.11 Å². The van der Waals surface area contributed by atoms with Crippen LogP contribution in [-0.4, -0.2) is 33.9 Å². The molecule has 1 fully saturated rings. The van der Waals surface area contributed by atoms with Crippen molar-refractivity contribution in [3.8, 4) is 10.7 Å². The highest BCUT2D eigenvalue weighted by Gasteiger charge is 2.26. The van der Waals surface area contributed by atoms with Crippen molar-refractivity contribution in [2.75, 3.05) is 13.1 Å². The summed E-state index contributed by atoms with van der Waals surface area (Å²) in [7, 11) is 0. The molecular formula is C16H19Cl2N3OS. The maximum atomic E-state index is 10.2. The molecule has 2 N–H and O–H groups in total. The Morgan fingerprint density at radius 2 is 2.09 bits per heavy atom. The molecule has 1 aliphatic heterocycles. The third kappa shape index (κ3) is 3.39. The number of aliphatic hydroxyl groups excluding tert-OH is 1. The van der Waals surface area contributed by atoms with Gasteiger partial charge < -0.3 is 15.0 Å². The average Bonchev–Trinajstić information content (AvgIpc) is 3.13. The Bertz CT molecular complexity index is 740. The SMILES string of the molecule is Cl.Cl.O[C@H]1CNCC[C@@H]1n1ccnc1-c1cc2ccccc2s1. The Kier molecular flexibility index (Phi) is 6.06. The van der Waals surface area contributed by atoms with Gasteiger partial charge in [0.2, 0.25) is 0 Å². The first-order valence-corrected chi connectivity index (χ1v) is 8.05. The zero-order valence-corrected chi connectivity index (χ0v) is 14.8. The van der Waals surface area contributed by atoms with E-state index < -0.39 is 0 Å². The fraction of sp³-hybridized carbons (Fsp3) is 0.312. The van der Waals surface area contributed by atoms with Crippen molar-refractivity contribution in [1.82, 2.24) is 14.9 Å². The van der Waals surface area contributed by atoms with E-state index in [1.807, 2.05) is 12.4 Å². The van der Waals surface area contributed by atoms with Crippen LogP contribution in [0.2, 0.25) is 0 Å². The molecular weight excluding hydrogens is 353 g/mol. The minimum absolute atomic E-state index is 0. The smallest absolute Gasteiger partial charge is 0.150 e. The van der Waals surface area contributed by atoms with Gasteiger partial charge in [-0.25, -0.2) is 4.98 Å². The van der Waals surface area contributed by atoms with Gasteiger partial charge in [0.1, 0.15) is 5.82 Å². The van der Waals surface area contributed by atoms with Crippen molar-refractivity contribution in [2.45, 2.75) is 18.6 Å². The van der Waals surface area contributed by atoms with Gasteiger partial charge in [0.15, 0.2) is 0 Å². The average molecular weight is 372 g/mol. The lowest BCUT2D eigenvalue weighted by Gasteiger charge is -2.30. The number of piperidine rings is 1. The van der Waals surface area contributed by atoms with E-state index in [1.165, 1.54) is 10.1 Å². The van der Waals surface area contributed by atoms with Crippen molar-refractivity contribution >= 4 is 46.2 Å². The Hall–Kier alpha value is -1.11. The highest BCUT2D eigenvalue weighted by atomic mass is 35.5. The summed E-state index contributed by atoms with van der Waals surface area (Å²) in [4.78, 5) is 5.69. The summed E-state index contributed by atoms with van der Waals surface area (Å²) in [6, 6.07) is 10.7. The van der Waals surface area contributed by atoms with Crippen LogP contribution in [0.1, 0.15) is 12.5 Å². The second-order valence-corrected chi connectivity index (χ2v) is 6.52. The lowest BCUT2D eigenvalue weighted by Crippen LogP contribution is -2.41. The van der Waals surface area contributed by atoms with Crippen LogP contribution in [0.4, 0.5) is 0 Å². The predicted octanol–water partition coefficient (Wildman–Crippen LogP) is 3.50. The first-order valence-electron chi connectivity index (χ1n) is 7.23. The quantitative estimate of drug-likeness (QED) is 0.724. The highest BCUT2D eigenvalue weighted by Crippen LogP contribution is 2.34. The maximum absolute atomic E-state index is 10.2. The van der Waals surface area contributed by atoms with Gasteiger partial charge in [0.25, 0.3) is 0 Å². The molecule has 3 heterocycles. The van der Waals surface area contributed by atoms with Crippen LogP contribution in [0.3, 0.4) is 0 Å². The summed E-state index contributed by atoms with van der Waals surface area (Å²) < 4.78 is 3.41. The van der Waals surface area contributed by atoms with E-state index in [4.69, 9.17) is 0 Å². The number of β-amino-alcohol motifs (C(OH)–C–C–N with tert-alkyl or cyclic N) is 1. The molecule has 0 aliphatic carbocycles. The zero-order valence-electron chi connectivity index (χ0n) is 12.4. The molecule has 0 radical (unpaired) electrons.